The fourth-order valence-electron chi connectivity index (χ4n) is 1.45. The van der Waals surface area contributed by atoms with Crippen LogP contribution in [-0.2, 0) is 16.1 Å². The Kier molecular flexibility index (Phi) is 6.70. The van der Waals surface area contributed by atoms with Crippen LogP contribution in [0.15, 0.2) is 18.2 Å². The van der Waals surface area contributed by atoms with Gasteiger partial charge in [0.05, 0.1) is 13.7 Å². The van der Waals surface area contributed by atoms with Gasteiger partial charge in [-0.2, -0.15) is 0 Å². The minimum absolute atomic E-state index is 0.0656. The molecule has 1 aromatic rings. The molecule has 0 aromatic heterocycles. The average Bonchev–Trinajstić information content (AvgIpc) is 2.45. The molecule has 0 spiro atoms. The van der Waals surface area contributed by atoms with E-state index in [2.05, 4.69) is 5.32 Å². The molecule has 6 nitrogen and oxygen atoms in total. The molecule has 0 aliphatic carbocycles. The Morgan fingerprint density at radius 2 is 2.16 bits per heavy atom. The zero-order valence-corrected chi connectivity index (χ0v) is 11.3. The summed E-state index contributed by atoms with van der Waals surface area (Å²) in [6.07, 6.45) is 0. The predicted octanol–water partition coefficient (Wildman–Crippen LogP) is 0.295. The minimum atomic E-state index is -0.206. The van der Waals surface area contributed by atoms with Gasteiger partial charge in [0.25, 0.3) is 5.91 Å². The lowest BCUT2D eigenvalue weighted by Crippen LogP contribution is -2.31. The fourth-order valence-corrected chi connectivity index (χ4v) is 1.45. The molecule has 3 N–H and O–H groups in total. The summed E-state index contributed by atoms with van der Waals surface area (Å²) in [6, 6.07) is 5.33. The van der Waals surface area contributed by atoms with Crippen molar-refractivity contribution < 1.29 is 19.0 Å². The lowest BCUT2D eigenvalue weighted by atomic mass is 10.2. The molecule has 0 saturated heterocycles. The van der Waals surface area contributed by atoms with E-state index >= 15 is 0 Å². The van der Waals surface area contributed by atoms with Gasteiger partial charge in [-0.25, -0.2) is 0 Å². The van der Waals surface area contributed by atoms with Crippen molar-refractivity contribution in [2.45, 2.75) is 6.54 Å². The zero-order chi connectivity index (χ0) is 14.1. The highest BCUT2D eigenvalue weighted by molar-refractivity contribution is 5.77. The molecule has 0 fully saturated rings. The lowest BCUT2D eigenvalue weighted by Gasteiger charge is -2.12. The Balaban J connectivity index is 2.53. The number of methoxy groups -OCH3 is 2. The average molecular weight is 268 g/mol. The Morgan fingerprint density at radius 3 is 2.79 bits per heavy atom. The molecule has 0 aliphatic heterocycles. The number of rotatable bonds is 8. The molecular formula is C13H20N2O4. The lowest BCUT2D eigenvalue weighted by molar-refractivity contribution is -0.123. The van der Waals surface area contributed by atoms with E-state index in [1.54, 1.807) is 26.4 Å². The summed E-state index contributed by atoms with van der Waals surface area (Å²) in [5, 5.41) is 2.67. The van der Waals surface area contributed by atoms with Gasteiger partial charge < -0.3 is 25.3 Å². The largest absolute Gasteiger partial charge is 0.497 e. The summed E-state index contributed by atoms with van der Waals surface area (Å²) in [6.45, 7) is 1.20. The van der Waals surface area contributed by atoms with Gasteiger partial charge in [-0.15, -0.1) is 0 Å². The smallest absolute Gasteiger partial charge is 0.258 e. The monoisotopic (exact) mass is 268 g/mol. The highest BCUT2D eigenvalue weighted by atomic mass is 16.5. The normalized spacial score (nSPS) is 10.1. The molecule has 0 saturated carbocycles. The second kappa shape index (κ2) is 8.34. The van der Waals surface area contributed by atoms with Gasteiger partial charge in [-0.05, 0) is 6.07 Å². The molecule has 1 amide bonds. The van der Waals surface area contributed by atoms with E-state index in [0.29, 0.717) is 31.2 Å². The third kappa shape index (κ3) is 5.15. The number of carbonyl (C=O) groups is 1. The quantitative estimate of drug-likeness (QED) is 0.662. The molecule has 6 heteroatoms. The van der Waals surface area contributed by atoms with Crippen LogP contribution in [0.5, 0.6) is 11.5 Å². The van der Waals surface area contributed by atoms with Crippen LogP contribution in [0.2, 0.25) is 0 Å². The number of ether oxygens (including phenoxy) is 3. The van der Waals surface area contributed by atoms with Gasteiger partial charge >= 0.3 is 0 Å². The van der Waals surface area contributed by atoms with Crippen molar-refractivity contribution in [3.63, 3.8) is 0 Å². The SMILES string of the molecule is COCCNC(=O)COc1cc(OC)ccc1CN. The molecular weight excluding hydrogens is 248 g/mol. The number of nitrogens with two attached hydrogens (primary N) is 1. The number of carbonyl (C=O) groups excluding carboxylic acids is 1. The maximum Gasteiger partial charge on any atom is 0.258 e. The number of amides is 1. The van der Waals surface area contributed by atoms with Crippen LogP contribution in [0.3, 0.4) is 0 Å². The van der Waals surface area contributed by atoms with E-state index in [9.17, 15) is 4.79 Å². The Labute approximate surface area is 112 Å². The maximum absolute atomic E-state index is 11.5. The van der Waals surface area contributed by atoms with Crippen molar-refractivity contribution in [2.24, 2.45) is 5.73 Å². The van der Waals surface area contributed by atoms with E-state index in [1.165, 1.54) is 0 Å². The van der Waals surface area contributed by atoms with Crippen LogP contribution < -0.4 is 20.5 Å². The molecule has 0 bridgehead atoms. The second-order valence-electron chi connectivity index (χ2n) is 3.81. The van der Waals surface area contributed by atoms with E-state index in [4.69, 9.17) is 19.9 Å². The van der Waals surface area contributed by atoms with Crippen molar-refractivity contribution in [1.82, 2.24) is 5.32 Å². The van der Waals surface area contributed by atoms with Crippen LogP contribution in [-0.4, -0.2) is 39.9 Å². The van der Waals surface area contributed by atoms with Crippen LogP contribution in [0.25, 0.3) is 0 Å². The van der Waals surface area contributed by atoms with Gasteiger partial charge in [0.2, 0.25) is 0 Å². The van der Waals surface area contributed by atoms with Crippen molar-refractivity contribution in [3.8, 4) is 11.5 Å². The van der Waals surface area contributed by atoms with Gasteiger partial charge in [-0.1, -0.05) is 6.07 Å². The molecule has 0 aliphatic rings. The first-order valence-corrected chi connectivity index (χ1v) is 5.96. The topological polar surface area (TPSA) is 82.8 Å². The second-order valence-corrected chi connectivity index (χ2v) is 3.81. The summed E-state index contributed by atoms with van der Waals surface area (Å²) < 4.78 is 15.4. The number of hydrogen-bond acceptors (Lipinski definition) is 5. The molecule has 19 heavy (non-hydrogen) atoms. The molecule has 0 unspecified atom stereocenters. The van der Waals surface area contributed by atoms with Crippen molar-refractivity contribution >= 4 is 5.91 Å². The van der Waals surface area contributed by atoms with Crippen molar-refractivity contribution in [1.29, 1.82) is 0 Å². The minimum Gasteiger partial charge on any atom is -0.497 e. The number of hydrogen-bond donors (Lipinski definition) is 2. The third-order valence-electron chi connectivity index (χ3n) is 2.48. The standard InChI is InChI=1S/C13H20N2O4/c1-17-6-5-15-13(16)9-19-12-7-11(18-2)4-3-10(12)8-14/h3-4,7H,5-6,8-9,14H2,1-2H3,(H,15,16). The first-order chi connectivity index (χ1) is 9.21. The highest BCUT2D eigenvalue weighted by Crippen LogP contribution is 2.24. The van der Waals surface area contributed by atoms with Crippen LogP contribution in [0, 0.1) is 0 Å². The van der Waals surface area contributed by atoms with E-state index in [1.807, 2.05) is 6.07 Å². The molecule has 0 heterocycles. The van der Waals surface area contributed by atoms with Gasteiger partial charge in [0.1, 0.15) is 11.5 Å². The van der Waals surface area contributed by atoms with Crippen molar-refractivity contribution in [2.75, 3.05) is 34.0 Å². The first-order valence-electron chi connectivity index (χ1n) is 5.96. The molecule has 0 atom stereocenters. The summed E-state index contributed by atoms with van der Waals surface area (Å²) in [5.74, 6) is 1.01. The van der Waals surface area contributed by atoms with E-state index < -0.39 is 0 Å². The Hall–Kier alpha value is -1.79. The fraction of sp³-hybridized carbons (Fsp3) is 0.462. The number of benzene rings is 1. The Morgan fingerprint density at radius 1 is 1.37 bits per heavy atom. The van der Waals surface area contributed by atoms with Crippen LogP contribution in [0.1, 0.15) is 5.56 Å². The summed E-state index contributed by atoms with van der Waals surface area (Å²) in [4.78, 5) is 11.5. The van der Waals surface area contributed by atoms with Gasteiger partial charge in [0, 0.05) is 31.8 Å². The van der Waals surface area contributed by atoms with Crippen molar-refractivity contribution in [3.05, 3.63) is 23.8 Å². The Bertz CT molecular complexity index is 410. The van der Waals surface area contributed by atoms with Crippen LogP contribution >= 0.6 is 0 Å². The predicted molar refractivity (Wildman–Crippen MR) is 71.3 cm³/mol. The molecule has 0 radical (unpaired) electrons. The summed E-state index contributed by atoms with van der Waals surface area (Å²) in [5.41, 5.74) is 6.43. The zero-order valence-electron chi connectivity index (χ0n) is 11.3. The first kappa shape index (κ1) is 15.3. The maximum atomic E-state index is 11.5. The third-order valence-corrected chi connectivity index (χ3v) is 2.48. The van der Waals surface area contributed by atoms with E-state index in [0.717, 1.165) is 5.56 Å². The molecule has 106 valence electrons. The number of nitrogens with one attached hydrogen (secondary N) is 1. The van der Waals surface area contributed by atoms with Crippen LogP contribution in [0.4, 0.5) is 0 Å². The molecule has 1 rings (SSSR count). The summed E-state index contributed by atoms with van der Waals surface area (Å²) >= 11 is 0. The van der Waals surface area contributed by atoms with Gasteiger partial charge in [0.15, 0.2) is 6.61 Å². The summed E-state index contributed by atoms with van der Waals surface area (Å²) in [7, 11) is 3.14. The van der Waals surface area contributed by atoms with E-state index in [-0.39, 0.29) is 12.5 Å². The molecule has 1 aromatic carbocycles. The highest BCUT2D eigenvalue weighted by Gasteiger charge is 2.07. The van der Waals surface area contributed by atoms with Gasteiger partial charge in [-0.3, -0.25) is 4.79 Å².